The average Bonchev–Trinajstić information content (AvgIpc) is 2.56. The minimum absolute atomic E-state index is 0.360. The van der Waals surface area contributed by atoms with Gasteiger partial charge in [0, 0.05) is 11.8 Å². The van der Waals surface area contributed by atoms with E-state index >= 15 is 0 Å². The van der Waals surface area contributed by atoms with Gasteiger partial charge in [0.05, 0.1) is 0 Å². The van der Waals surface area contributed by atoms with Gasteiger partial charge >= 0.3 is 5.69 Å². The van der Waals surface area contributed by atoms with Crippen LogP contribution >= 0.6 is 11.3 Å². The van der Waals surface area contributed by atoms with E-state index in [9.17, 15) is 4.79 Å². The highest BCUT2D eigenvalue weighted by Gasteiger charge is 2.03. The monoisotopic (exact) mass is 193 g/mol. The van der Waals surface area contributed by atoms with Crippen molar-refractivity contribution < 1.29 is 0 Å². The third-order valence-corrected chi connectivity index (χ3v) is 2.36. The van der Waals surface area contributed by atoms with E-state index in [0.29, 0.717) is 5.82 Å². The molecule has 2 aromatic rings. The van der Waals surface area contributed by atoms with Gasteiger partial charge in [-0.15, -0.1) is 0 Å². The normalized spacial score (nSPS) is 10.2. The number of nitrogens with zero attached hydrogens (tertiary/aromatic N) is 1. The second kappa shape index (κ2) is 3.02. The molecule has 66 valence electrons. The molecule has 0 amide bonds. The summed E-state index contributed by atoms with van der Waals surface area (Å²) in [5, 5.41) is 3.89. The Balaban J connectivity index is 2.60. The topological polar surface area (TPSA) is 71.8 Å². The SMILES string of the molecule is Nc1[nH]c(=O)ncc1-c1ccsc1. The zero-order valence-electron chi connectivity index (χ0n) is 6.65. The summed E-state index contributed by atoms with van der Waals surface area (Å²) in [6.45, 7) is 0. The van der Waals surface area contributed by atoms with Gasteiger partial charge in [-0.25, -0.2) is 9.78 Å². The van der Waals surface area contributed by atoms with Crippen molar-refractivity contribution in [1.29, 1.82) is 0 Å². The number of thiophene rings is 1. The molecule has 0 unspecified atom stereocenters. The summed E-state index contributed by atoms with van der Waals surface area (Å²) in [6.07, 6.45) is 1.48. The van der Waals surface area contributed by atoms with Crippen LogP contribution in [0.25, 0.3) is 11.1 Å². The van der Waals surface area contributed by atoms with Gasteiger partial charge in [-0.1, -0.05) is 0 Å². The highest BCUT2D eigenvalue weighted by atomic mass is 32.1. The Morgan fingerprint density at radius 1 is 1.54 bits per heavy atom. The molecule has 0 saturated heterocycles. The molecule has 0 aliphatic rings. The second-order valence-corrected chi connectivity index (χ2v) is 3.31. The molecule has 2 rings (SSSR count). The van der Waals surface area contributed by atoms with Crippen LogP contribution in [-0.2, 0) is 0 Å². The summed E-state index contributed by atoms with van der Waals surface area (Å²) in [5.74, 6) is 0.360. The van der Waals surface area contributed by atoms with Crippen molar-refractivity contribution in [3.63, 3.8) is 0 Å². The molecule has 0 radical (unpaired) electrons. The van der Waals surface area contributed by atoms with Crippen molar-refractivity contribution in [2.24, 2.45) is 0 Å². The third-order valence-electron chi connectivity index (χ3n) is 1.67. The average molecular weight is 193 g/mol. The van der Waals surface area contributed by atoms with Crippen molar-refractivity contribution in [2.45, 2.75) is 0 Å². The van der Waals surface area contributed by atoms with Crippen molar-refractivity contribution >= 4 is 17.2 Å². The summed E-state index contributed by atoms with van der Waals surface area (Å²) in [4.78, 5) is 16.8. The summed E-state index contributed by atoms with van der Waals surface area (Å²) in [5.41, 5.74) is 6.94. The Kier molecular flexibility index (Phi) is 1.86. The summed E-state index contributed by atoms with van der Waals surface area (Å²) in [6, 6.07) is 1.93. The number of nitrogens with one attached hydrogen (secondary N) is 1. The number of hydrogen-bond donors (Lipinski definition) is 2. The molecule has 0 aromatic carbocycles. The largest absolute Gasteiger partial charge is 0.385 e. The predicted molar refractivity (Wildman–Crippen MR) is 52.6 cm³/mol. The standard InChI is InChI=1S/C8H7N3OS/c9-7-6(3-10-8(12)11-7)5-1-2-13-4-5/h1-4H,(H3,9,10,11,12). The predicted octanol–water partition coefficient (Wildman–Crippen LogP) is 1.08. The van der Waals surface area contributed by atoms with E-state index in [1.54, 1.807) is 11.3 Å². The number of hydrogen-bond acceptors (Lipinski definition) is 4. The Labute approximate surface area is 78.1 Å². The third kappa shape index (κ3) is 1.46. The fourth-order valence-electron chi connectivity index (χ4n) is 1.06. The van der Waals surface area contributed by atoms with E-state index in [1.807, 2.05) is 16.8 Å². The zero-order chi connectivity index (χ0) is 9.26. The molecular formula is C8H7N3OS. The molecule has 2 heterocycles. The van der Waals surface area contributed by atoms with E-state index in [2.05, 4.69) is 9.97 Å². The van der Waals surface area contributed by atoms with Crippen molar-refractivity contribution in [3.8, 4) is 11.1 Å². The van der Waals surface area contributed by atoms with Gasteiger partial charge in [0.2, 0.25) is 0 Å². The van der Waals surface area contributed by atoms with Crippen LogP contribution in [0.4, 0.5) is 5.82 Å². The van der Waals surface area contributed by atoms with Crippen LogP contribution in [0.3, 0.4) is 0 Å². The lowest BCUT2D eigenvalue weighted by Crippen LogP contribution is -2.12. The number of nitrogen functional groups attached to an aromatic ring is 1. The molecule has 4 nitrogen and oxygen atoms in total. The number of rotatable bonds is 1. The molecule has 0 spiro atoms. The van der Waals surface area contributed by atoms with Gasteiger partial charge in [0.1, 0.15) is 5.82 Å². The maximum absolute atomic E-state index is 10.8. The molecule has 0 atom stereocenters. The lowest BCUT2D eigenvalue weighted by molar-refractivity contribution is 1.09. The number of anilines is 1. The van der Waals surface area contributed by atoms with Gasteiger partial charge in [-0.3, -0.25) is 4.98 Å². The number of aromatic amines is 1. The highest BCUT2D eigenvalue weighted by Crippen LogP contribution is 2.23. The molecule has 0 saturated carbocycles. The van der Waals surface area contributed by atoms with Gasteiger partial charge in [-0.2, -0.15) is 11.3 Å². The van der Waals surface area contributed by atoms with E-state index in [0.717, 1.165) is 11.1 Å². The molecule has 0 aliphatic heterocycles. The molecule has 0 fully saturated rings. The number of nitrogens with two attached hydrogens (primary N) is 1. The first-order valence-electron chi connectivity index (χ1n) is 3.65. The van der Waals surface area contributed by atoms with Crippen LogP contribution in [0, 0.1) is 0 Å². The van der Waals surface area contributed by atoms with E-state index in [1.165, 1.54) is 6.20 Å². The van der Waals surface area contributed by atoms with Crippen LogP contribution in [-0.4, -0.2) is 9.97 Å². The summed E-state index contributed by atoms with van der Waals surface area (Å²) in [7, 11) is 0. The fourth-order valence-corrected chi connectivity index (χ4v) is 1.71. The second-order valence-electron chi connectivity index (χ2n) is 2.53. The van der Waals surface area contributed by atoms with Gasteiger partial charge < -0.3 is 5.73 Å². The maximum atomic E-state index is 10.8. The van der Waals surface area contributed by atoms with E-state index < -0.39 is 5.69 Å². The van der Waals surface area contributed by atoms with Crippen LogP contribution in [0.15, 0.2) is 27.8 Å². The first-order chi connectivity index (χ1) is 6.27. The molecule has 0 aliphatic carbocycles. The summed E-state index contributed by atoms with van der Waals surface area (Å²) >= 11 is 1.57. The Hall–Kier alpha value is -1.62. The molecule has 13 heavy (non-hydrogen) atoms. The zero-order valence-corrected chi connectivity index (χ0v) is 7.47. The van der Waals surface area contributed by atoms with Crippen LogP contribution < -0.4 is 11.4 Å². The molecular weight excluding hydrogens is 186 g/mol. The van der Waals surface area contributed by atoms with Gasteiger partial charge in [-0.05, 0) is 22.4 Å². The smallest absolute Gasteiger partial charge is 0.346 e. The van der Waals surface area contributed by atoms with Gasteiger partial charge in [0.25, 0.3) is 0 Å². The first-order valence-corrected chi connectivity index (χ1v) is 4.59. The van der Waals surface area contributed by atoms with Crippen molar-refractivity contribution in [1.82, 2.24) is 9.97 Å². The van der Waals surface area contributed by atoms with Crippen LogP contribution in [0.2, 0.25) is 0 Å². The fraction of sp³-hybridized carbons (Fsp3) is 0. The maximum Gasteiger partial charge on any atom is 0.346 e. The van der Waals surface area contributed by atoms with E-state index in [4.69, 9.17) is 5.73 Å². The van der Waals surface area contributed by atoms with Crippen LogP contribution in [0.1, 0.15) is 0 Å². The Morgan fingerprint density at radius 2 is 2.38 bits per heavy atom. The van der Waals surface area contributed by atoms with Crippen molar-refractivity contribution in [3.05, 3.63) is 33.5 Å². The molecule has 2 aromatic heterocycles. The Bertz CT molecular complexity index is 460. The first kappa shape index (κ1) is 8.00. The minimum atomic E-state index is -0.420. The Morgan fingerprint density at radius 3 is 3.00 bits per heavy atom. The molecule has 3 N–H and O–H groups in total. The number of H-pyrrole nitrogens is 1. The lowest BCUT2D eigenvalue weighted by Gasteiger charge is -1.99. The summed E-state index contributed by atoms with van der Waals surface area (Å²) < 4.78 is 0. The quantitative estimate of drug-likeness (QED) is 0.711. The van der Waals surface area contributed by atoms with Crippen LogP contribution in [0.5, 0.6) is 0 Å². The minimum Gasteiger partial charge on any atom is -0.385 e. The lowest BCUT2D eigenvalue weighted by atomic mass is 10.2. The van der Waals surface area contributed by atoms with Gasteiger partial charge in [0.15, 0.2) is 0 Å². The van der Waals surface area contributed by atoms with Crippen molar-refractivity contribution in [2.75, 3.05) is 5.73 Å². The number of aromatic nitrogens is 2. The molecule has 0 bridgehead atoms. The molecule has 5 heteroatoms. The highest BCUT2D eigenvalue weighted by molar-refractivity contribution is 7.08. The van der Waals surface area contributed by atoms with E-state index in [-0.39, 0.29) is 0 Å².